The summed E-state index contributed by atoms with van der Waals surface area (Å²) in [6, 6.07) is 0. The normalized spacial score (nSPS) is 17.6. The number of hydrogen-bond acceptors (Lipinski definition) is 6. The van der Waals surface area contributed by atoms with E-state index in [0.29, 0.717) is 25.7 Å². The van der Waals surface area contributed by atoms with Crippen LogP contribution in [0.2, 0.25) is 0 Å². The van der Waals surface area contributed by atoms with Crippen LogP contribution in [-0.2, 0) is 23.8 Å². The summed E-state index contributed by atoms with van der Waals surface area (Å²) in [6.07, 6.45) is 3.16. The summed E-state index contributed by atoms with van der Waals surface area (Å²) in [5.41, 5.74) is 0. The number of nitrogens with zero attached hydrogens (tertiary/aromatic N) is 1. The lowest BCUT2D eigenvalue weighted by Gasteiger charge is -2.25. The van der Waals surface area contributed by atoms with Crippen LogP contribution >= 0.6 is 0 Å². The summed E-state index contributed by atoms with van der Waals surface area (Å²) in [7, 11) is 0. The van der Waals surface area contributed by atoms with E-state index in [0.717, 1.165) is 44.9 Å². The van der Waals surface area contributed by atoms with E-state index in [1.165, 1.54) is 0 Å². The number of carbonyl (C=O) groups excluding carboxylic acids is 2. The molecule has 0 spiro atoms. The maximum Gasteiger partial charge on any atom is 0.331 e. The predicted molar refractivity (Wildman–Crippen MR) is 77.8 cm³/mol. The van der Waals surface area contributed by atoms with Crippen LogP contribution in [0.5, 0.6) is 0 Å². The Bertz CT molecular complexity index is 350. The monoisotopic (exact) mass is 299 g/mol. The van der Waals surface area contributed by atoms with Crippen molar-refractivity contribution < 1.29 is 23.8 Å². The van der Waals surface area contributed by atoms with E-state index in [1.807, 2.05) is 13.8 Å². The summed E-state index contributed by atoms with van der Waals surface area (Å²) in [5.74, 6) is -0.716. The lowest BCUT2D eigenvalue weighted by atomic mass is 10.1. The van der Waals surface area contributed by atoms with Crippen LogP contribution in [-0.4, -0.2) is 62.9 Å². The molecule has 1 rings (SSSR count). The van der Waals surface area contributed by atoms with Crippen LogP contribution < -0.4 is 0 Å². The summed E-state index contributed by atoms with van der Waals surface area (Å²) >= 11 is 0. The maximum atomic E-state index is 11.4. The molecule has 21 heavy (non-hydrogen) atoms. The second-order valence-corrected chi connectivity index (χ2v) is 5.10. The van der Waals surface area contributed by atoms with Gasteiger partial charge in [0.15, 0.2) is 0 Å². The number of morpholine rings is 1. The highest BCUT2D eigenvalue weighted by Crippen LogP contribution is 2.01. The standard InChI is InChI=1S/C15H25NO5/c1-3-13(2)12-21-15(18)5-4-14(17)20-11-8-16-6-9-19-10-7-16/h4-5,13H,3,6-12H2,1-2H3/b5-4+. The molecule has 0 saturated carbocycles. The largest absolute Gasteiger partial charge is 0.462 e. The predicted octanol–water partition coefficient (Wildman–Crippen LogP) is 1.01. The van der Waals surface area contributed by atoms with E-state index in [2.05, 4.69) is 4.90 Å². The van der Waals surface area contributed by atoms with Gasteiger partial charge in [0.05, 0.1) is 19.8 Å². The van der Waals surface area contributed by atoms with E-state index in [-0.39, 0.29) is 0 Å². The Balaban J connectivity index is 2.11. The number of ether oxygens (including phenoxy) is 3. The maximum absolute atomic E-state index is 11.4. The summed E-state index contributed by atoms with van der Waals surface area (Å²) in [6.45, 7) is 8.53. The molecule has 1 aliphatic heterocycles. The fraction of sp³-hybridized carbons (Fsp3) is 0.733. The van der Waals surface area contributed by atoms with Crippen LogP contribution in [0, 0.1) is 5.92 Å². The van der Waals surface area contributed by atoms with Crippen molar-refractivity contribution in [2.75, 3.05) is 46.1 Å². The molecule has 6 nitrogen and oxygen atoms in total. The molecule has 0 bridgehead atoms. The first-order valence-corrected chi connectivity index (χ1v) is 7.43. The van der Waals surface area contributed by atoms with Crippen LogP contribution in [0.15, 0.2) is 12.2 Å². The molecule has 1 unspecified atom stereocenters. The Morgan fingerprint density at radius 3 is 2.43 bits per heavy atom. The van der Waals surface area contributed by atoms with E-state index in [9.17, 15) is 9.59 Å². The highest BCUT2D eigenvalue weighted by atomic mass is 16.5. The van der Waals surface area contributed by atoms with Crippen molar-refractivity contribution in [1.82, 2.24) is 4.90 Å². The summed E-state index contributed by atoms with van der Waals surface area (Å²) in [4.78, 5) is 24.9. The molecule has 0 aromatic carbocycles. The highest BCUT2D eigenvalue weighted by Gasteiger charge is 2.10. The smallest absolute Gasteiger partial charge is 0.331 e. The molecular formula is C15H25NO5. The van der Waals surface area contributed by atoms with Crippen molar-refractivity contribution in [3.63, 3.8) is 0 Å². The van der Waals surface area contributed by atoms with E-state index < -0.39 is 11.9 Å². The van der Waals surface area contributed by atoms with Gasteiger partial charge in [0.25, 0.3) is 0 Å². The Kier molecular flexibility index (Phi) is 8.69. The van der Waals surface area contributed by atoms with E-state index in [1.54, 1.807) is 0 Å². The first-order chi connectivity index (χ1) is 10.1. The van der Waals surface area contributed by atoms with E-state index in [4.69, 9.17) is 14.2 Å². The molecule has 1 fully saturated rings. The fourth-order valence-electron chi connectivity index (χ4n) is 1.67. The minimum Gasteiger partial charge on any atom is -0.462 e. The van der Waals surface area contributed by atoms with Crippen LogP contribution in [0.25, 0.3) is 0 Å². The Hall–Kier alpha value is -1.40. The molecule has 0 aromatic rings. The molecular weight excluding hydrogens is 274 g/mol. The van der Waals surface area contributed by atoms with Gasteiger partial charge in [-0.2, -0.15) is 0 Å². The summed E-state index contributed by atoms with van der Waals surface area (Å²) < 4.78 is 15.2. The first-order valence-electron chi connectivity index (χ1n) is 7.43. The molecule has 0 N–H and O–H groups in total. The van der Waals surface area contributed by atoms with Gasteiger partial charge in [0, 0.05) is 31.8 Å². The van der Waals surface area contributed by atoms with Crippen LogP contribution in [0.1, 0.15) is 20.3 Å². The molecule has 0 aliphatic carbocycles. The molecule has 1 aliphatic rings. The zero-order valence-corrected chi connectivity index (χ0v) is 12.9. The second kappa shape index (κ2) is 10.3. The summed E-state index contributed by atoms with van der Waals surface area (Å²) in [5, 5.41) is 0. The number of esters is 2. The minimum atomic E-state index is -0.524. The van der Waals surface area contributed by atoms with Crippen LogP contribution in [0.3, 0.4) is 0 Å². The zero-order valence-electron chi connectivity index (χ0n) is 12.9. The lowest BCUT2D eigenvalue weighted by Crippen LogP contribution is -2.38. The molecule has 1 heterocycles. The van der Waals surface area contributed by atoms with Gasteiger partial charge in [-0.15, -0.1) is 0 Å². The van der Waals surface area contributed by atoms with Gasteiger partial charge in [0.2, 0.25) is 0 Å². The SMILES string of the molecule is CCC(C)COC(=O)/C=C/C(=O)OCCN1CCOCC1. The third kappa shape index (κ3) is 8.47. The van der Waals surface area contributed by atoms with Gasteiger partial charge in [-0.05, 0) is 5.92 Å². The van der Waals surface area contributed by atoms with E-state index >= 15 is 0 Å². The first kappa shape index (κ1) is 17.7. The highest BCUT2D eigenvalue weighted by molar-refractivity contribution is 5.91. The topological polar surface area (TPSA) is 65.1 Å². The molecule has 0 amide bonds. The lowest BCUT2D eigenvalue weighted by molar-refractivity contribution is -0.141. The number of carbonyl (C=O) groups is 2. The quantitative estimate of drug-likeness (QED) is 0.492. The Labute approximate surface area is 126 Å². The van der Waals surface area contributed by atoms with Crippen molar-refractivity contribution in [2.45, 2.75) is 20.3 Å². The van der Waals surface area contributed by atoms with Gasteiger partial charge in [-0.1, -0.05) is 20.3 Å². The number of rotatable bonds is 8. The van der Waals surface area contributed by atoms with Gasteiger partial charge >= 0.3 is 11.9 Å². The molecule has 1 atom stereocenters. The van der Waals surface area contributed by atoms with Gasteiger partial charge in [-0.3, -0.25) is 4.90 Å². The van der Waals surface area contributed by atoms with Crippen LogP contribution in [0.4, 0.5) is 0 Å². The zero-order chi connectivity index (χ0) is 15.5. The molecule has 6 heteroatoms. The fourth-order valence-corrected chi connectivity index (χ4v) is 1.67. The third-order valence-electron chi connectivity index (χ3n) is 3.32. The molecule has 120 valence electrons. The van der Waals surface area contributed by atoms with Gasteiger partial charge in [-0.25, -0.2) is 9.59 Å². The van der Waals surface area contributed by atoms with Gasteiger partial charge < -0.3 is 14.2 Å². The number of hydrogen-bond donors (Lipinski definition) is 0. The van der Waals surface area contributed by atoms with Crippen molar-refractivity contribution in [3.05, 3.63) is 12.2 Å². The van der Waals surface area contributed by atoms with Crippen molar-refractivity contribution in [3.8, 4) is 0 Å². The Morgan fingerprint density at radius 2 is 1.81 bits per heavy atom. The second-order valence-electron chi connectivity index (χ2n) is 5.10. The molecule has 0 aromatic heterocycles. The van der Waals surface area contributed by atoms with Crippen molar-refractivity contribution in [2.24, 2.45) is 5.92 Å². The van der Waals surface area contributed by atoms with Crippen molar-refractivity contribution >= 4 is 11.9 Å². The average Bonchev–Trinajstić information content (AvgIpc) is 2.51. The average molecular weight is 299 g/mol. The Morgan fingerprint density at radius 1 is 1.19 bits per heavy atom. The molecule has 1 saturated heterocycles. The van der Waals surface area contributed by atoms with Crippen molar-refractivity contribution in [1.29, 1.82) is 0 Å². The van der Waals surface area contributed by atoms with Gasteiger partial charge in [0.1, 0.15) is 6.61 Å². The minimum absolute atomic E-state index is 0.311. The third-order valence-corrected chi connectivity index (χ3v) is 3.32. The molecule has 0 radical (unpaired) electrons.